The van der Waals surface area contributed by atoms with Gasteiger partial charge in [0.1, 0.15) is 11.5 Å². The molecule has 3 aliphatic rings. The Hall–Kier alpha value is -6.25. The quantitative estimate of drug-likeness (QED) is 0.106. The summed E-state index contributed by atoms with van der Waals surface area (Å²) >= 11 is 0. The number of imide groups is 1. The van der Waals surface area contributed by atoms with Crippen molar-refractivity contribution < 1.29 is 36.7 Å². The van der Waals surface area contributed by atoms with Gasteiger partial charge in [0.15, 0.2) is 17.5 Å². The van der Waals surface area contributed by atoms with E-state index >= 15 is 17.6 Å². The number of carbonyl (C=O) groups is 4. The third kappa shape index (κ3) is 8.55. The van der Waals surface area contributed by atoms with Crippen molar-refractivity contribution >= 4 is 45.8 Å². The van der Waals surface area contributed by atoms with Crippen molar-refractivity contribution in [2.75, 3.05) is 45.2 Å². The van der Waals surface area contributed by atoms with Crippen molar-refractivity contribution in [3.8, 4) is 11.1 Å². The Balaban J connectivity index is 0.992. The molecule has 2 N–H and O–H groups in total. The van der Waals surface area contributed by atoms with Gasteiger partial charge in [0.2, 0.25) is 17.7 Å². The SMILES string of the molecule is CN(C)C(=O)c1cc2c(-c3ccc(N4CCC(CCc5ccc(C6CCC(=O)NC6=O)cc5F)CC4)c(F)c3F)cc(C3=CCCN(C(=O)CCn4cccn4)C3)c(F)c2[nH]1. The topological polar surface area (TPSA) is 124 Å². The number of amides is 4. The Morgan fingerprint density at radius 1 is 0.902 bits per heavy atom. The Morgan fingerprint density at radius 3 is 2.43 bits per heavy atom. The highest BCUT2D eigenvalue weighted by Gasteiger charge is 2.30. The van der Waals surface area contributed by atoms with Crippen LogP contribution in [-0.4, -0.2) is 88.5 Å². The van der Waals surface area contributed by atoms with Crippen molar-refractivity contribution in [2.24, 2.45) is 5.92 Å². The fourth-order valence-electron chi connectivity index (χ4n) is 8.83. The van der Waals surface area contributed by atoms with E-state index < -0.39 is 41.0 Å². The number of carbonyl (C=O) groups excluding carboxylic acids is 4. The van der Waals surface area contributed by atoms with E-state index in [0.29, 0.717) is 81.4 Å². The number of halogens is 4. The standard InChI is InChI=1S/C46H47F4N7O4/c1-54(2)46(61)37-25-35-34(24-33(42(49)44(35)52-37)30-5-3-18-56(26-30)40(59)16-22-57-19-4-17-51-57)32-10-12-38(43(50)41(32)48)55-20-14-27(15-21-55)6-7-28-8-9-29(23-36(28)47)31-11-13-39(58)53-45(31)60/h4-5,8-10,12,17,19,23-25,27,31,52H,3,6-7,11,13-16,18,20-22,26H2,1-2H3,(H,53,58,60). The summed E-state index contributed by atoms with van der Waals surface area (Å²) in [6, 6.07) is 12.5. The summed E-state index contributed by atoms with van der Waals surface area (Å²) in [5.41, 5.74) is 1.96. The molecule has 61 heavy (non-hydrogen) atoms. The molecule has 11 nitrogen and oxygen atoms in total. The Bertz CT molecular complexity index is 2540. The first-order valence-electron chi connectivity index (χ1n) is 20.7. The van der Waals surface area contributed by atoms with Gasteiger partial charge in [0.25, 0.3) is 5.91 Å². The second-order valence-electron chi connectivity index (χ2n) is 16.4. The lowest BCUT2D eigenvalue weighted by Crippen LogP contribution is -2.39. The van der Waals surface area contributed by atoms with E-state index in [1.54, 1.807) is 59.2 Å². The zero-order valence-corrected chi connectivity index (χ0v) is 34.1. The van der Waals surface area contributed by atoms with Gasteiger partial charge in [-0.1, -0.05) is 18.2 Å². The number of hydrogen-bond acceptors (Lipinski definition) is 6. The van der Waals surface area contributed by atoms with E-state index in [2.05, 4.69) is 15.4 Å². The molecule has 15 heteroatoms. The number of anilines is 1. The minimum atomic E-state index is -1.11. The van der Waals surface area contributed by atoms with Gasteiger partial charge in [0.05, 0.1) is 17.1 Å². The van der Waals surface area contributed by atoms with E-state index in [9.17, 15) is 19.2 Å². The predicted octanol–water partition coefficient (Wildman–Crippen LogP) is 7.37. The number of nitrogens with one attached hydrogen (secondary N) is 2. The molecule has 8 rings (SSSR count). The molecule has 2 saturated heterocycles. The van der Waals surface area contributed by atoms with Gasteiger partial charge in [-0.2, -0.15) is 5.10 Å². The van der Waals surface area contributed by atoms with Crippen LogP contribution in [0.2, 0.25) is 0 Å². The van der Waals surface area contributed by atoms with Crippen molar-refractivity contribution in [3.63, 3.8) is 0 Å². The number of aromatic amines is 1. The monoisotopic (exact) mass is 837 g/mol. The van der Waals surface area contributed by atoms with E-state index in [4.69, 9.17) is 0 Å². The van der Waals surface area contributed by atoms with Gasteiger partial charge in [-0.05, 0) is 103 Å². The van der Waals surface area contributed by atoms with Crippen LogP contribution < -0.4 is 10.2 Å². The summed E-state index contributed by atoms with van der Waals surface area (Å²) in [6.07, 6.45) is 9.03. The molecular formula is C46H47F4N7O4. The number of piperidine rings is 2. The lowest BCUT2D eigenvalue weighted by atomic mass is 9.87. The van der Waals surface area contributed by atoms with Crippen LogP contribution in [0.5, 0.6) is 0 Å². The number of rotatable bonds is 11. The molecule has 3 aromatic carbocycles. The Morgan fingerprint density at radius 2 is 1.70 bits per heavy atom. The highest BCUT2D eigenvalue weighted by atomic mass is 19.2. The van der Waals surface area contributed by atoms with Crippen molar-refractivity contribution in [3.05, 3.63) is 113 Å². The molecular weight excluding hydrogens is 791 g/mol. The summed E-state index contributed by atoms with van der Waals surface area (Å²) in [7, 11) is 3.12. The second kappa shape index (κ2) is 17.4. The minimum Gasteiger partial charge on any atom is -0.369 e. The number of hydrogen-bond donors (Lipinski definition) is 2. The second-order valence-corrected chi connectivity index (χ2v) is 16.4. The van der Waals surface area contributed by atoms with Crippen molar-refractivity contribution in [1.82, 2.24) is 29.9 Å². The molecule has 0 spiro atoms. The fraction of sp³-hybridized carbons (Fsp3) is 0.370. The number of aromatic nitrogens is 3. The van der Waals surface area contributed by atoms with Crippen LogP contribution in [0, 0.1) is 29.2 Å². The fourth-order valence-corrected chi connectivity index (χ4v) is 8.83. The number of nitrogens with zero attached hydrogens (tertiary/aromatic N) is 5. The van der Waals surface area contributed by atoms with E-state index in [-0.39, 0.29) is 76.1 Å². The number of benzene rings is 3. The predicted molar refractivity (Wildman–Crippen MR) is 222 cm³/mol. The molecule has 2 aromatic heterocycles. The third-order valence-corrected chi connectivity index (χ3v) is 12.3. The first-order chi connectivity index (χ1) is 29.4. The van der Waals surface area contributed by atoms with Crippen LogP contribution in [0.1, 0.15) is 78.0 Å². The summed E-state index contributed by atoms with van der Waals surface area (Å²) < 4.78 is 66.1. The average molecular weight is 838 g/mol. The highest BCUT2D eigenvalue weighted by molar-refractivity contribution is 6.05. The molecule has 0 bridgehead atoms. The minimum absolute atomic E-state index is 0.0307. The van der Waals surface area contributed by atoms with Gasteiger partial charge >= 0.3 is 0 Å². The summed E-state index contributed by atoms with van der Waals surface area (Å²) in [4.78, 5) is 57.7. The lowest BCUT2D eigenvalue weighted by molar-refractivity contribution is -0.134. The summed E-state index contributed by atoms with van der Waals surface area (Å²) in [5, 5.41) is 6.68. The van der Waals surface area contributed by atoms with Gasteiger partial charge in [-0.15, -0.1) is 0 Å². The van der Waals surface area contributed by atoms with E-state index in [1.807, 2.05) is 6.08 Å². The average Bonchev–Trinajstić information content (AvgIpc) is 3.95. The van der Waals surface area contributed by atoms with Gasteiger partial charge in [-0.3, -0.25) is 29.2 Å². The van der Waals surface area contributed by atoms with Crippen LogP contribution >= 0.6 is 0 Å². The molecule has 0 radical (unpaired) electrons. The van der Waals surface area contributed by atoms with Gasteiger partial charge < -0.3 is 19.7 Å². The lowest BCUT2D eigenvalue weighted by Gasteiger charge is -2.34. The number of H-pyrrole nitrogens is 1. The molecule has 2 fully saturated rings. The number of fused-ring (bicyclic) bond motifs is 1. The Labute approximate surface area is 350 Å². The molecule has 0 saturated carbocycles. The van der Waals surface area contributed by atoms with Crippen molar-refractivity contribution in [2.45, 2.75) is 63.8 Å². The van der Waals surface area contributed by atoms with Crippen LogP contribution in [-0.2, 0) is 27.3 Å². The summed E-state index contributed by atoms with van der Waals surface area (Å²) in [6.45, 7) is 1.87. The molecule has 318 valence electrons. The summed E-state index contributed by atoms with van der Waals surface area (Å²) in [5.74, 6) is -4.83. The molecule has 5 aromatic rings. The number of aryl methyl sites for hydroxylation is 2. The molecule has 0 aliphatic carbocycles. The maximum Gasteiger partial charge on any atom is 0.269 e. The van der Waals surface area contributed by atoms with Crippen molar-refractivity contribution in [1.29, 1.82) is 0 Å². The normalized spacial score (nSPS) is 17.5. The maximum atomic E-state index is 16.6. The van der Waals surface area contributed by atoms with Crippen LogP contribution in [0.25, 0.3) is 27.6 Å². The molecule has 4 amide bonds. The largest absolute Gasteiger partial charge is 0.369 e. The van der Waals surface area contributed by atoms with E-state index in [0.717, 1.165) is 0 Å². The van der Waals surface area contributed by atoms with E-state index in [1.165, 1.54) is 35.2 Å². The molecule has 3 aliphatic heterocycles. The molecule has 1 atom stereocenters. The van der Waals surface area contributed by atoms with Gasteiger partial charge in [-0.25, -0.2) is 17.6 Å². The molecule has 1 unspecified atom stereocenters. The van der Waals surface area contributed by atoms with Gasteiger partial charge in [0, 0.05) is 88.6 Å². The maximum absolute atomic E-state index is 16.6. The smallest absolute Gasteiger partial charge is 0.269 e. The van der Waals surface area contributed by atoms with Crippen LogP contribution in [0.15, 0.2) is 67.0 Å². The van der Waals surface area contributed by atoms with Crippen LogP contribution in [0.4, 0.5) is 23.2 Å². The third-order valence-electron chi connectivity index (χ3n) is 12.3. The first kappa shape index (κ1) is 41.5. The first-order valence-corrected chi connectivity index (χ1v) is 20.7. The zero-order chi connectivity index (χ0) is 42.9. The van der Waals surface area contributed by atoms with Crippen LogP contribution in [0.3, 0.4) is 0 Å². The zero-order valence-electron chi connectivity index (χ0n) is 34.1. The molecule has 5 heterocycles. The Kier molecular flexibility index (Phi) is 11.8. The highest BCUT2D eigenvalue weighted by Crippen LogP contribution is 2.40.